The summed E-state index contributed by atoms with van der Waals surface area (Å²) in [6, 6.07) is 14.6. The second kappa shape index (κ2) is 7.03. The van der Waals surface area contributed by atoms with Crippen molar-refractivity contribution in [1.29, 1.82) is 0 Å². The number of pyridine rings is 1. The standard InChI is InChI=1S/C20H12F3NO3/c21-20(22,23)15-7-3-1-6-13(15)11-14(18(25)19(26)27)17-10-9-12-5-2-4-8-16(12)24-17/h1-11H,(H,26,27)/b14-11-. The van der Waals surface area contributed by atoms with E-state index < -0.39 is 29.1 Å². The number of fused-ring (bicyclic) bond motifs is 1. The topological polar surface area (TPSA) is 67.3 Å². The summed E-state index contributed by atoms with van der Waals surface area (Å²) >= 11 is 0. The zero-order chi connectivity index (χ0) is 19.6. The summed E-state index contributed by atoms with van der Waals surface area (Å²) in [6.45, 7) is 0. The number of carboxylic acid groups (broad SMARTS) is 1. The first-order valence-electron chi connectivity index (χ1n) is 7.79. The maximum Gasteiger partial charge on any atom is 0.416 e. The first-order chi connectivity index (χ1) is 12.8. The molecule has 1 aromatic heterocycles. The fourth-order valence-electron chi connectivity index (χ4n) is 2.62. The van der Waals surface area contributed by atoms with Crippen molar-refractivity contribution in [2.45, 2.75) is 6.18 Å². The van der Waals surface area contributed by atoms with E-state index in [2.05, 4.69) is 4.98 Å². The maximum absolute atomic E-state index is 13.2. The molecule has 0 radical (unpaired) electrons. The van der Waals surface area contributed by atoms with Crippen molar-refractivity contribution in [2.24, 2.45) is 0 Å². The van der Waals surface area contributed by atoms with Crippen molar-refractivity contribution < 1.29 is 27.9 Å². The van der Waals surface area contributed by atoms with Gasteiger partial charge in [-0.15, -0.1) is 0 Å². The largest absolute Gasteiger partial charge is 0.475 e. The Morgan fingerprint density at radius 1 is 0.926 bits per heavy atom. The monoisotopic (exact) mass is 371 g/mol. The van der Waals surface area contributed by atoms with Crippen molar-refractivity contribution in [3.8, 4) is 0 Å². The fraction of sp³-hybridized carbons (Fsp3) is 0.0500. The van der Waals surface area contributed by atoms with Crippen LogP contribution in [0, 0.1) is 0 Å². The minimum atomic E-state index is -4.65. The lowest BCUT2D eigenvalue weighted by Gasteiger charge is -2.11. The molecule has 0 spiro atoms. The third-order valence-corrected chi connectivity index (χ3v) is 3.88. The SMILES string of the molecule is O=C(O)C(=O)/C(=C\c1ccccc1C(F)(F)F)c1ccc2ccccc2n1. The number of rotatable bonds is 4. The molecule has 0 aliphatic carbocycles. The molecule has 4 nitrogen and oxygen atoms in total. The van der Waals surface area contributed by atoms with E-state index in [0.717, 1.165) is 17.5 Å². The Bertz CT molecular complexity index is 1070. The Kier molecular flexibility index (Phi) is 4.77. The van der Waals surface area contributed by atoms with Crippen molar-refractivity contribution >= 4 is 34.3 Å². The first-order valence-corrected chi connectivity index (χ1v) is 7.79. The van der Waals surface area contributed by atoms with Crippen molar-refractivity contribution in [3.05, 3.63) is 77.5 Å². The van der Waals surface area contributed by atoms with Gasteiger partial charge in [-0.3, -0.25) is 4.79 Å². The summed E-state index contributed by atoms with van der Waals surface area (Å²) in [6.07, 6.45) is -3.74. The summed E-state index contributed by atoms with van der Waals surface area (Å²) in [5.41, 5.74) is -1.24. The fourth-order valence-corrected chi connectivity index (χ4v) is 2.62. The van der Waals surface area contributed by atoms with Crippen LogP contribution < -0.4 is 0 Å². The van der Waals surface area contributed by atoms with Crippen LogP contribution in [0.5, 0.6) is 0 Å². The number of para-hydroxylation sites is 1. The number of nitrogens with zero attached hydrogens (tertiary/aromatic N) is 1. The number of hydrogen-bond acceptors (Lipinski definition) is 3. The molecule has 1 N–H and O–H groups in total. The Morgan fingerprint density at radius 2 is 1.59 bits per heavy atom. The molecular formula is C20H12F3NO3. The van der Waals surface area contributed by atoms with Crippen LogP contribution in [0.15, 0.2) is 60.7 Å². The smallest absolute Gasteiger partial charge is 0.416 e. The van der Waals surface area contributed by atoms with Gasteiger partial charge < -0.3 is 5.11 Å². The molecule has 0 saturated carbocycles. The van der Waals surface area contributed by atoms with E-state index in [-0.39, 0.29) is 11.3 Å². The molecule has 1 heterocycles. The van der Waals surface area contributed by atoms with E-state index in [9.17, 15) is 22.8 Å². The minimum absolute atomic E-state index is 0.0157. The van der Waals surface area contributed by atoms with Crippen LogP contribution in [0.1, 0.15) is 16.8 Å². The van der Waals surface area contributed by atoms with Crippen LogP contribution in [0.4, 0.5) is 13.2 Å². The molecule has 0 fully saturated rings. The van der Waals surface area contributed by atoms with Crippen LogP contribution in [-0.2, 0) is 15.8 Å². The Balaban J connectivity index is 2.22. The van der Waals surface area contributed by atoms with Crippen molar-refractivity contribution in [1.82, 2.24) is 4.98 Å². The first kappa shape index (κ1) is 18.3. The second-order valence-electron chi connectivity index (χ2n) is 5.67. The predicted molar refractivity (Wildman–Crippen MR) is 93.7 cm³/mol. The number of carbonyl (C=O) groups excluding carboxylic acids is 1. The van der Waals surface area contributed by atoms with Gasteiger partial charge in [-0.1, -0.05) is 42.5 Å². The van der Waals surface area contributed by atoms with E-state index >= 15 is 0 Å². The summed E-state index contributed by atoms with van der Waals surface area (Å²) in [5, 5.41) is 9.84. The van der Waals surface area contributed by atoms with Gasteiger partial charge in [0.1, 0.15) is 0 Å². The van der Waals surface area contributed by atoms with Gasteiger partial charge in [-0.05, 0) is 29.8 Å². The number of benzene rings is 2. The van der Waals surface area contributed by atoms with E-state index in [4.69, 9.17) is 5.11 Å². The number of alkyl halides is 3. The Hall–Kier alpha value is -3.48. The number of Topliss-reactive ketones (excluding diaryl/α,β-unsaturated/α-hetero) is 1. The van der Waals surface area contributed by atoms with Gasteiger partial charge in [0.2, 0.25) is 0 Å². The van der Waals surface area contributed by atoms with Gasteiger partial charge in [0.05, 0.1) is 22.3 Å². The molecule has 0 unspecified atom stereocenters. The molecule has 0 bridgehead atoms. The van der Waals surface area contributed by atoms with Gasteiger partial charge in [-0.25, -0.2) is 9.78 Å². The lowest BCUT2D eigenvalue weighted by atomic mass is 9.99. The van der Waals surface area contributed by atoms with Gasteiger partial charge in [0.25, 0.3) is 5.78 Å². The van der Waals surface area contributed by atoms with Crippen LogP contribution in [0.3, 0.4) is 0 Å². The molecule has 7 heteroatoms. The number of halogens is 3. The Morgan fingerprint density at radius 3 is 2.30 bits per heavy atom. The van der Waals surface area contributed by atoms with Gasteiger partial charge in [0.15, 0.2) is 0 Å². The van der Waals surface area contributed by atoms with Crippen LogP contribution in [0.2, 0.25) is 0 Å². The third kappa shape index (κ3) is 3.87. The molecule has 0 atom stereocenters. The van der Waals surface area contributed by atoms with Gasteiger partial charge >= 0.3 is 12.1 Å². The number of aliphatic carboxylic acids is 1. The van der Waals surface area contributed by atoms with Crippen LogP contribution in [0.25, 0.3) is 22.6 Å². The zero-order valence-electron chi connectivity index (χ0n) is 13.7. The van der Waals surface area contributed by atoms with Gasteiger partial charge in [-0.2, -0.15) is 13.2 Å². The highest BCUT2D eigenvalue weighted by Crippen LogP contribution is 2.33. The highest BCUT2D eigenvalue weighted by molar-refractivity contribution is 6.52. The van der Waals surface area contributed by atoms with E-state index in [0.29, 0.717) is 5.52 Å². The maximum atomic E-state index is 13.2. The molecule has 0 aliphatic heterocycles. The summed E-state index contributed by atoms with van der Waals surface area (Å²) in [4.78, 5) is 27.6. The lowest BCUT2D eigenvalue weighted by molar-refractivity contribution is -0.146. The summed E-state index contributed by atoms with van der Waals surface area (Å²) < 4.78 is 39.7. The number of carboxylic acids is 1. The molecular weight excluding hydrogens is 359 g/mol. The summed E-state index contributed by atoms with van der Waals surface area (Å²) in [5.74, 6) is -3.12. The predicted octanol–water partition coefficient (Wildman–Crippen LogP) is 4.45. The average molecular weight is 371 g/mol. The highest BCUT2D eigenvalue weighted by Gasteiger charge is 2.33. The Labute approximate surface area is 151 Å². The number of carbonyl (C=O) groups is 2. The number of ketones is 1. The number of aromatic nitrogens is 1. The second-order valence-corrected chi connectivity index (χ2v) is 5.67. The quantitative estimate of drug-likeness (QED) is 0.544. The summed E-state index contributed by atoms with van der Waals surface area (Å²) in [7, 11) is 0. The van der Waals surface area contributed by atoms with E-state index in [1.165, 1.54) is 24.3 Å². The molecule has 3 aromatic rings. The number of hydrogen-bond donors (Lipinski definition) is 1. The minimum Gasteiger partial charge on any atom is -0.475 e. The van der Waals surface area contributed by atoms with Crippen LogP contribution in [-0.4, -0.2) is 21.8 Å². The highest BCUT2D eigenvalue weighted by atomic mass is 19.4. The average Bonchev–Trinajstić information content (AvgIpc) is 2.64. The molecule has 2 aromatic carbocycles. The van der Waals surface area contributed by atoms with Crippen LogP contribution >= 0.6 is 0 Å². The third-order valence-electron chi connectivity index (χ3n) is 3.88. The molecule has 0 amide bonds. The normalized spacial score (nSPS) is 12.2. The molecule has 0 aliphatic rings. The molecule has 3 rings (SSSR count). The van der Waals surface area contributed by atoms with Crippen molar-refractivity contribution in [2.75, 3.05) is 0 Å². The van der Waals surface area contributed by atoms with Crippen molar-refractivity contribution in [3.63, 3.8) is 0 Å². The molecule has 0 saturated heterocycles. The van der Waals surface area contributed by atoms with E-state index in [1.54, 1.807) is 30.3 Å². The van der Waals surface area contributed by atoms with Gasteiger partial charge in [0, 0.05) is 5.39 Å². The molecule has 27 heavy (non-hydrogen) atoms. The van der Waals surface area contributed by atoms with E-state index in [1.807, 2.05) is 0 Å². The lowest BCUT2D eigenvalue weighted by Crippen LogP contribution is -2.15. The molecule has 136 valence electrons. The zero-order valence-corrected chi connectivity index (χ0v) is 13.7.